The van der Waals surface area contributed by atoms with E-state index in [1.807, 2.05) is 0 Å². The van der Waals surface area contributed by atoms with Gasteiger partial charge in [0.2, 0.25) is 0 Å². The first-order valence-corrected chi connectivity index (χ1v) is 10.0. The number of hydrogen-bond acceptors (Lipinski definition) is 7. The van der Waals surface area contributed by atoms with Crippen molar-refractivity contribution in [3.63, 3.8) is 0 Å². The molecule has 7 nitrogen and oxygen atoms in total. The van der Waals surface area contributed by atoms with Crippen molar-refractivity contribution in [2.45, 2.75) is 29.4 Å². The number of methoxy groups -OCH3 is 2. The molecule has 0 amide bonds. The second-order valence-corrected chi connectivity index (χ2v) is 8.96. The lowest BCUT2D eigenvalue weighted by Gasteiger charge is -2.40. The van der Waals surface area contributed by atoms with E-state index in [0.717, 1.165) is 14.2 Å². The maximum Gasteiger partial charge on any atom is 0.323 e. The number of sulfone groups is 1. The molecule has 144 valence electrons. The molecular formula is C19H20O7S. The third-order valence-corrected chi connectivity index (χ3v) is 7.46. The minimum absolute atomic E-state index is 0.00920. The van der Waals surface area contributed by atoms with Crippen LogP contribution in [-0.4, -0.2) is 45.6 Å². The highest BCUT2D eigenvalue weighted by Crippen LogP contribution is 2.50. The highest BCUT2D eigenvalue weighted by molar-refractivity contribution is 7.92. The molecule has 0 bridgehead atoms. The van der Waals surface area contributed by atoms with E-state index in [2.05, 4.69) is 0 Å². The summed E-state index contributed by atoms with van der Waals surface area (Å²) in [6.45, 7) is 0. The maximum atomic E-state index is 13.3. The first-order valence-electron chi connectivity index (χ1n) is 8.46. The molecule has 2 atom stereocenters. The van der Waals surface area contributed by atoms with Crippen LogP contribution in [0.3, 0.4) is 0 Å². The molecule has 1 fully saturated rings. The van der Waals surface area contributed by atoms with Crippen molar-refractivity contribution >= 4 is 27.6 Å². The summed E-state index contributed by atoms with van der Waals surface area (Å²) in [5.74, 6) is -2.43. The van der Waals surface area contributed by atoms with Crippen LogP contribution in [0, 0.1) is 11.3 Å². The average Bonchev–Trinajstić information content (AvgIpc) is 3.05. The highest BCUT2D eigenvalue weighted by atomic mass is 32.2. The van der Waals surface area contributed by atoms with Crippen LogP contribution in [0.5, 0.6) is 0 Å². The van der Waals surface area contributed by atoms with Gasteiger partial charge in [-0.2, -0.15) is 0 Å². The Kier molecular flexibility index (Phi) is 4.94. The van der Waals surface area contributed by atoms with Gasteiger partial charge in [-0.15, -0.1) is 0 Å². The predicted octanol–water partition coefficient (Wildman–Crippen LogP) is 1.47. The number of rotatable bonds is 4. The van der Waals surface area contributed by atoms with E-state index in [1.54, 1.807) is 18.2 Å². The lowest BCUT2D eigenvalue weighted by Crippen LogP contribution is -2.50. The van der Waals surface area contributed by atoms with Crippen molar-refractivity contribution < 1.29 is 32.3 Å². The van der Waals surface area contributed by atoms with E-state index in [4.69, 9.17) is 9.47 Å². The van der Waals surface area contributed by atoms with Crippen molar-refractivity contribution in [3.05, 3.63) is 42.0 Å². The first-order chi connectivity index (χ1) is 12.8. The lowest BCUT2D eigenvalue weighted by atomic mass is 9.67. The number of allylic oxidation sites excluding steroid dienone is 1. The second-order valence-electron chi connectivity index (χ2n) is 6.83. The van der Waals surface area contributed by atoms with Crippen molar-refractivity contribution in [2.24, 2.45) is 11.3 Å². The van der Waals surface area contributed by atoms with E-state index >= 15 is 0 Å². The Morgan fingerprint density at radius 3 is 2.19 bits per heavy atom. The molecule has 0 N–H and O–H groups in total. The number of fused-ring (bicyclic) bond motifs is 1. The molecule has 8 heteroatoms. The normalized spacial score (nSPS) is 23.9. The van der Waals surface area contributed by atoms with Crippen molar-refractivity contribution in [2.75, 3.05) is 14.2 Å². The van der Waals surface area contributed by atoms with Gasteiger partial charge in [-0.1, -0.05) is 18.2 Å². The van der Waals surface area contributed by atoms with E-state index < -0.39 is 38.4 Å². The summed E-state index contributed by atoms with van der Waals surface area (Å²) in [6.07, 6.45) is 1.07. The Bertz CT molecular complexity index is 899. The first kappa shape index (κ1) is 19.3. The smallest absolute Gasteiger partial charge is 0.323 e. The van der Waals surface area contributed by atoms with Gasteiger partial charge in [0.1, 0.15) is 0 Å². The van der Waals surface area contributed by atoms with Crippen LogP contribution in [0.15, 0.2) is 46.9 Å². The number of ketones is 1. The van der Waals surface area contributed by atoms with Gasteiger partial charge in [-0.3, -0.25) is 14.4 Å². The zero-order chi connectivity index (χ0) is 19.8. The molecule has 3 rings (SSSR count). The zero-order valence-electron chi connectivity index (χ0n) is 15.0. The fourth-order valence-corrected chi connectivity index (χ4v) is 6.07. The Balaban J connectivity index is 2.15. The van der Waals surface area contributed by atoms with Crippen LogP contribution < -0.4 is 0 Å². The monoisotopic (exact) mass is 392 g/mol. The van der Waals surface area contributed by atoms with Crippen LogP contribution >= 0.6 is 0 Å². The Morgan fingerprint density at radius 1 is 1.04 bits per heavy atom. The quantitative estimate of drug-likeness (QED) is 0.564. The molecule has 2 aliphatic carbocycles. The molecule has 0 saturated heterocycles. The Morgan fingerprint density at radius 2 is 1.63 bits per heavy atom. The molecule has 1 aromatic carbocycles. The van der Waals surface area contributed by atoms with Gasteiger partial charge < -0.3 is 9.47 Å². The number of carbonyl (C=O) groups is 3. The molecule has 0 aliphatic heterocycles. The summed E-state index contributed by atoms with van der Waals surface area (Å²) in [5.41, 5.74) is -1.31. The van der Waals surface area contributed by atoms with Gasteiger partial charge in [-0.25, -0.2) is 8.42 Å². The Labute approximate surface area is 157 Å². The van der Waals surface area contributed by atoms with Gasteiger partial charge in [0.15, 0.2) is 21.0 Å². The van der Waals surface area contributed by atoms with Gasteiger partial charge in [0.25, 0.3) is 0 Å². The third-order valence-electron chi connectivity index (χ3n) is 5.35. The lowest BCUT2D eigenvalue weighted by molar-refractivity contribution is -0.172. The standard InChI is InChI=1S/C19H20O7S/c1-25-17(21)19(18(22)26-2)10-12-8-13(20)9-15(12)16(11-19)27(23,24)14-6-4-3-5-7-14/h3-7,9,12,16H,8,10-11H2,1-2H3/t12-,16+/m1/s1. The van der Waals surface area contributed by atoms with E-state index in [1.165, 1.54) is 18.2 Å². The van der Waals surface area contributed by atoms with Crippen LogP contribution in [0.1, 0.15) is 19.3 Å². The number of ether oxygens (including phenoxy) is 2. The van der Waals surface area contributed by atoms with Crippen LogP contribution in [-0.2, 0) is 33.7 Å². The number of carbonyl (C=O) groups excluding carboxylic acids is 3. The number of benzene rings is 1. The summed E-state index contributed by atoms with van der Waals surface area (Å²) >= 11 is 0. The van der Waals surface area contributed by atoms with Crippen LogP contribution in [0.25, 0.3) is 0 Å². The summed E-state index contributed by atoms with van der Waals surface area (Å²) in [6, 6.07) is 7.78. The van der Waals surface area contributed by atoms with E-state index in [9.17, 15) is 22.8 Å². The van der Waals surface area contributed by atoms with E-state index in [0.29, 0.717) is 5.57 Å². The van der Waals surface area contributed by atoms with Gasteiger partial charge >= 0.3 is 11.9 Å². The molecule has 2 aliphatic rings. The summed E-state index contributed by atoms with van der Waals surface area (Å²) < 4.78 is 36.2. The summed E-state index contributed by atoms with van der Waals surface area (Å²) in [7, 11) is -1.65. The van der Waals surface area contributed by atoms with Crippen molar-refractivity contribution in [3.8, 4) is 0 Å². The maximum absolute atomic E-state index is 13.3. The fourth-order valence-electron chi connectivity index (χ4n) is 4.08. The molecule has 0 aromatic heterocycles. The molecule has 0 heterocycles. The molecule has 1 saturated carbocycles. The minimum atomic E-state index is -3.93. The van der Waals surface area contributed by atoms with Crippen LogP contribution in [0.2, 0.25) is 0 Å². The highest BCUT2D eigenvalue weighted by Gasteiger charge is 2.59. The largest absolute Gasteiger partial charge is 0.468 e. The van der Waals surface area contributed by atoms with Crippen molar-refractivity contribution in [1.82, 2.24) is 0 Å². The van der Waals surface area contributed by atoms with Crippen LogP contribution in [0.4, 0.5) is 0 Å². The minimum Gasteiger partial charge on any atom is -0.468 e. The predicted molar refractivity (Wildman–Crippen MR) is 94.3 cm³/mol. The van der Waals surface area contributed by atoms with Crippen molar-refractivity contribution in [1.29, 1.82) is 0 Å². The Hall–Kier alpha value is -2.48. The third kappa shape index (κ3) is 3.07. The van der Waals surface area contributed by atoms with Gasteiger partial charge in [0.05, 0.1) is 24.4 Å². The SMILES string of the molecule is COC(=O)C1(C(=O)OC)C[C@H]2CC(=O)C=C2[C@@H](S(=O)(=O)c2ccccc2)C1. The molecular weight excluding hydrogens is 372 g/mol. The zero-order valence-corrected chi connectivity index (χ0v) is 15.8. The molecule has 0 unspecified atom stereocenters. The topological polar surface area (TPSA) is 104 Å². The number of hydrogen-bond donors (Lipinski definition) is 0. The fraction of sp³-hybridized carbons (Fsp3) is 0.421. The molecule has 1 aromatic rings. The average molecular weight is 392 g/mol. The van der Waals surface area contributed by atoms with Gasteiger partial charge in [-0.05, 0) is 42.5 Å². The number of esters is 2. The van der Waals surface area contributed by atoms with Gasteiger partial charge in [0, 0.05) is 6.42 Å². The summed E-state index contributed by atoms with van der Waals surface area (Å²) in [4.78, 5) is 37.2. The molecule has 27 heavy (non-hydrogen) atoms. The second kappa shape index (κ2) is 6.92. The molecule has 0 radical (unpaired) electrons. The molecule has 0 spiro atoms. The van der Waals surface area contributed by atoms with E-state index in [-0.39, 0.29) is 29.9 Å². The summed E-state index contributed by atoms with van der Waals surface area (Å²) in [5, 5.41) is -1.18.